The summed E-state index contributed by atoms with van der Waals surface area (Å²) in [7, 11) is 0. The predicted molar refractivity (Wildman–Crippen MR) is 55.6 cm³/mol. The Labute approximate surface area is 98.5 Å². The molecule has 2 aromatic rings. The minimum atomic E-state index is -5.74. The molecule has 0 bridgehead atoms. The Morgan fingerprint density at radius 3 is 2.06 bits per heavy atom. The van der Waals surface area contributed by atoms with E-state index in [4.69, 9.17) is 0 Å². The van der Waals surface area contributed by atoms with Gasteiger partial charge in [0.05, 0.1) is 5.56 Å². The standard InChI is InChI=1S/C12H7F5O/c13-11(14,12(15,16)17)9-6-5-7-3-1-2-4-8(7)10(9)18/h1-6,18H. The molecule has 0 amide bonds. The summed E-state index contributed by atoms with van der Waals surface area (Å²) in [5.74, 6) is -6.13. The molecular weight excluding hydrogens is 255 g/mol. The van der Waals surface area contributed by atoms with Crippen LogP contribution in [0.15, 0.2) is 36.4 Å². The third-order valence-corrected chi connectivity index (χ3v) is 2.59. The van der Waals surface area contributed by atoms with Gasteiger partial charge in [-0.15, -0.1) is 0 Å². The van der Waals surface area contributed by atoms with E-state index >= 15 is 0 Å². The van der Waals surface area contributed by atoms with E-state index in [1.165, 1.54) is 18.2 Å². The topological polar surface area (TPSA) is 20.2 Å². The average molecular weight is 262 g/mol. The molecule has 2 aromatic carbocycles. The highest BCUT2D eigenvalue weighted by Crippen LogP contribution is 2.48. The fourth-order valence-corrected chi connectivity index (χ4v) is 1.66. The van der Waals surface area contributed by atoms with Crippen LogP contribution in [-0.4, -0.2) is 11.3 Å². The second-order valence-corrected chi connectivity index (χ2v) is 3.76. The summed E-state index contributed by atoms with van der Waals surface area (Å²) in [5, 5.41) is 9.91. The van der Waals surface area contributed by atoms with Gasteiger partial charge in [0.15, 0.2) is 0 Å². The molecule has 0 aliphatic rings. The van der Waals surface area contributed by atoms with Crippen LogP contribution < -0.4 is 0 Å². The first kappa shape index (κ1) is 12.6. The van der Waals surface area contributed by atoms with Gasteiger partial charge in [0.2, 0.25) is 0 Å². The van der Waals surface area contributed by atoms with Crippen molar-refractivity contribution in [2.24, 2.45) is 0 Å². The van der Waals surface area contributed by atoms with E-state index in [2.05, 4.69) is 0 Å². The normalized spacial score (nSPS) is 12.9. The summed E-state index contributed by atoms with van der Waals surface area (Å²) in [5.41, 5.74) is -1.44. The van der Waals surface area contributed by atoms with E-state index in [1.807, 2.05) is 0 Å². The van der Waals surface area contributed by atoms with Crippen molar-refractivity contribution < 1.29 is 27.1 Å². The Hall–Kier alpha value is -1.85. The molecule has 1 nitrogen and oxygen atoms in total. The third kappa shape index (κ3) is 1.77. The lowest BCUT2D eigenvalue weighted by atomic mass is 10.0. The number of fused-ring (bicyclic) bond motifs is 1. The molecule has 0 radical (unpaired) electrons. The van der Waals surface area contributed by atoms with Crippen LogP contribution in [0.25, 0.3) is 10.8 Å². The van der Waals surface area contributed by atoms with Crippen LogP contribution in [0.2, 0.25) is 0 Å². The SMILES string of the molecule is Oc1c(C(F)(F)C(F)(F)F)ccc2ccccc12. The van der Waals surface area contributed by atoms with Crippen LogP contribution in [0.4, 0.5) is 22.0 Å². The number of benzene rings is 2. The van der Waals surface area contributed by atoms with E-state index in [0.717, 1.165) is 6.07 Å². The Kier molecular flexibility index (Phi) is 2.68. The minimum absolute atomic E-state index is 0.0427. The molecule has 96 valence electrons. The van der Waals surface area contributed by atoms with Gasteiger partial charge in [-0.05, 0) is 11.5 Å². The maximum absolute atomic E-state index is 13.2. The summed E-state index contributed by atoms with van der Waals surface area (Å²) in [4.78, 5) is 0. The highest BCUT2D eigenvalue weighted by Gasteiger charge is 2.60. The van der Waals surface area contributed by atoms with Crippen molar-refractivity contribution in [2.45, 2.75) is 12.1 Å². The Balaban J connectivity index is 2.70. The highest BCUT2D eigenvalue weighted by atomic mass is 19.4. The van der Waals surface area contributed by atoms with E-state index in [9.17, 15) is 27.1 Å². The summed E-state index contributed by atoms with van der Waals surface area (Å²) >= 11 is 0. The molecule has 1 N–H and O–H groups in total. The van der Waals surface area contributed by atoms with Crippen LogP contribution in [0.5, 0.6) is 5.75 Å². The fourth-order valence-electron chi connectivity index (χ4n) is 1.66. The summed E-state index contributed by atoms with van der Waals surface area (Å²) in [6, 6.07) is 7.52. The molecule has 0 saturated carbocycles. The van der Waals surface area contributed by atoms with E-state index in [-0.39, 0.29) is 5.39 Å². The first-order valence-corrected chi connectivity index (χ1v) is 4.91. The molecule has 0 heterocycles. The van der Waals surface area contributed by atoms with E-state index in [0.29, 0.717) is 11.5 Å². The molecule has 2 rings (SSSR count). The molecule has 0 aliphatic carbocycles. The van der Waals surface area contributed by atoms with Crippen LogP contribution in [-0.2, 0) is 5.92 Å². The van der Waals surface area contributed by atoms with E-state index < -0.39 is 23.4 Å². The zero-order valence-electron chi connectivity index (χ0n) is 8.80. The Morgan fingerprint density at radius 1 is 0.833 bits per heavy atom. The molecule has 0 fully saturated rings. The molecule has 0 aromatic heterocycles. The van der Waals surface area contributed by atoms with Crippen LogP contribution in [0.1, 0.15) is 5.56 Å². The molecular formula is C12H7F5O. The maximum Gasteiger partial charge on any atom is 0.458 e. The Bertz CT molecular complexity index is 589. The van der Waals surface area contributed by atoms with Crippen molar-refractivity contribution in [1.82, 2.24) is 0 Å². The predicted octanol–water partition coefficient (Wildman–Crippen LogP) is 4.20. The minimum Gasteiger partial charge on any atom is -0.507 e. The average Bonchev–Trinajstić information content (AvgIpc) is 2.28. The van der Waals surface area contributed by atoms with Gasteiger partial charge in [-0.25, -0.2) is 0 Å². The van der Waals surface area contributed by atoms with Gasteiger partial charge in [0.1, 0.15) is 5.75 Å². The Morgan fingerprint density at radius 2 is 1.44 bits per heavy atom. The van der Waals surface area contributed by atoms with Gasteiger partial charge in [-0.1, -0.05) is 30.3 Å². The number of alkyl halides is 5. The molecule has 18 heavy (non-hydrogen) atoms. The van der Waals surface area contributed by atoms with Crippen molar-refractivity contribution >= 4 is 10.8 Å². The van der Waals surface area contributed by atoms with Crippen molar-refractivity contribution in [3.8, 4) is 5.75 Å². The van der Waals surface area contributed by atoms with Gasteiger partial charge in [-0.3, -0.25) is 0 Å². The van der Waals surface area contributed by atoms with Gasteiger partial charge in [-0.2, -0.15) is 22.0 Å². The second-order valence-electron chi connectivity index (χ2n) is 3.76. The number of phenolic OH excluding ortho intramolecular Hbond substituents is 1. The first-order chi connectivity index (χ1) is 8.25. The number of hydrogen-bond acceptors (Lipinski definition) is 1. The van der Waals surface area contributed by atoms with Crippen LogP contribution in [0.3, 0.4) is 0 Å². The number of hydrogen-bond donors (Lipinski definition) is 1. The smallest absolute Gasteiger partial charge is 0.458 e. The first-order valence-electron chi connectivity index (χ1n) is 4.91. The van der Waals surface area contributed by atoms with Crippen LogP contribution in [0, 0.1) is 0 Å². The lowest BCUT2D eigenvalue weighted by molar-refractivity contribution is -0.289. The number of rotatable bonds is 1. The lowest BCUT2D eigenvalue weighted by Gasteiger charge is -2.21. The molecule has 6 heteroatoms. The van der Waals surface area contributed by atoms with Crippen molar-refractivity contribution in [1.29, 1.82) is 0 Å². The quantitative estimate of drug-likeness (QED) is 0.763. The van der Waals surface area contributed by atoms with E-state index in [1.54, 1.807) is 6.07 Å². The zero-order valence-corrected chi connectivity index (χ0v) is 8.80. The number of halogens is 5. The third-order valence-electron chi connectivity index (χ3n) is 2.59. The van der Waals surface area contributed by atoms with Crippen molar-refractivity contribution in [3.63, 3.8) is 0 Å². The molecule has 0 aliphatic heterocycles. The zero-order chi connectivity index (χ0) is 13.6. The highest BCUT2D eigenvalue weighted by molar-refractivity contribution is 5.89. The molecule has 0 unspecified atom stereocenters. The van der Waals surface area contributed by atoms with Crippen molar-refractivity contribution in [3.05, 3.63) is 42.0 Å². The van der Waals surface area contributed by atoms with Crippen LogP contribution >= 0.6 is 0 Å². The molecule has 0 atom stereocenters. The monoisotopic (exact) mass is 262 g/mol. The summed E-state index contributed by atoms with van der Waals surface area (Å²) in [6.07, 6.45) is -5.74. The van der Waals surface area contributed by atoms with Gasteiger partial charge >= 0.3 is 12.1 Å². The number of phenols is 1. The fraction of sp³-hybridized carbons (Fsp3) is 0.167. The second kappa shape index (κ2) is 3.83. The maximum atomic E-state index is 13.2. The van der Waals surface area contributed by atoms with Gasteiger partial charge in [0, 0.05) is 5.39 Å². The summed E-state index contributed by atoms with van der Waals surface area (Å²) < 4.78 is 63.0. The largest absolute Gasteiger partial charge is 0.507 e. The van der Waals surface area contributed by atoms with Gasteiger partial charge < -0.3 is 5.11 Å². The molecule has 0 spiro atoms. The lowest BCUT2D eigenvalue weighted by Crippen LogP contribution is -2.33. The summed E-state index contributed by atoms with van der Waals surface area (Å²) in [6.45, 7) is 0. The van der Waals surface area contributed by atoms with Crippen molar-refractivity contribution in [2.75, 3.05) is 0 Å². The molecule has 0 saturated heterocycles. The van der Waals surface area contributed by atoms with Gasteiger partial charge in [0.25, 0.3) is 0 Å². The number of aromatic hydroxyl groups is 1.